The van der Waals surface area contributed by atoms with Crippen LogP contribution in [0.25, 0.3) is 0 Å². The summed E-state index contributed by atoms with van der Waals surface area (Å²) < 4.78 is 11.0. The third-order valence-corrected chi connectivity index (χ3v) is 4.60. The van der Waals surface area contributed by atoms with E-state index < -0.39 is 0 Å². The van der Waals surface area contributed by atoms with Crippen molar-refractivity contribution in [3.63, 3.8) is 0 Å². The van der Waals surface area contributed by atoms with E-state index in [9.17, 15) is 0 Å². The number of nitrogens with one attached hydrogen (secondary N) is 2. The summed E-state index contributed by atoms with van der Waals surface area (Å²) >= 11 is 0. The van der Waals surface area contributed by atoms with Crippen LogP contribution in [0.1, 0.15) is 46.1 Å². The second kappa shape index (κ2) is 13.3. The maximum atomic E-state index is 5.57. The van der Waals surface area contributed by atoms with Crippen molar-refractivity contribution in [3.8, 4) is 11.5 Å². The molecule has 0 heterocycles. The minimum absolute atomic E-state index is 0.377. The van der Waals surface area contributed by atoms with Gasteiger partial charge < -0.3 is 25.0 Å². The van der Waals surface area contributed by atoms with Crippen LogP contribution in [-0.2, 0) is 6.54 Å². The predicted molar refractivity (Wildman–Crippen MR) is 114 cm³/mol. The third kappa shape index (κ3) is 8.52. The molecule has 0 aliphatic heterocycles. The first-order valence-corrected chi connectivity index (χ1v) is 10.1. The van der Waals surface area contributed by atoms with Crippen molar-refractivity contribution in [3.05, 3.63) is 23.8 Å². The van der Waals surface area contributed by atoms with Gasteiger partial charge in [0.15, 0.2) is 17.5 Å². The second-order valence-corrected chi connectivity index (χ2v) is 6.56. The molecular formula is C21H38N4O2. The van der Waals surface area contributed by atoms with Crippen molar-refractivity contribution in [2.24, 2.45) is 4.99 Å². The lowest BCUT2D eigenvalue weighted by atomic mass is 10.1. The Labute approximate surface area is 165 Å². The first-order chi connectivity index (χ1) is 13.1. The molecule has 2 N–H and O–H groups in total. The summed E-state index contributed by atoms with van der Waals surface area (Å²) in [6.45, 7) is 13.3. The Hall–Kier alpha value is -1.95. The summed E-state index contributed by atoms with van der Waals surface area (Å²) in [5, 5.41) is 6.84. The van der Waals surface area contributed by atoms with Crippen LogP contribution in [0.5, 0.6) is 11.5 Å². The monoisotopic (exact) mass is 378 g/mol. The highest BCUT2D eigenvalue weighted by Gasteiger charge is 2.08. The van der Waals surface area contributed by atoms with E-state index >= 15 is 0 Å². The van der Waals surface area contributed by atoms with Gasteiger partial charge in [0.2, 0.25) is 0 Å². The smallest absolute Gasteiger partial charge is 0.191 e. The largest absolute Gasteiger partial charge is 0.493 e. The number of guanidine groups is 1. The number of aliphatic imine (C=N–C) groups is 1. The molecule has 0 fully saturated rings. The molecule has 0 saturated heterocycles. The van der Waals surface area contributed by atoms with Gasteiger partial charge in [-0.1, -0.05) is 19.9 Å². The van der Waals surface area contributed by atoms with Crippen molar-refractivity contribution in [2.75, 3.05) is 40.4 Å². The average Bonchev–Trinajstić information content (AvgIpc) is 2.69. The van der Waals surface area contributed by atoms with Gasteiger partial charge in [-0.25, -0.2) is 0 Å². The molecule has 0 spiro atoms. The maximum absolute atomic E-state index is 5.57. The Morgan fingerprint density at radius 2 is 1.93 bits per heavy atom. The summed E-state index contributed by atoms with van der Waals surface area (Å²) in [4.78, 5) is 6.79. The molecule has 0 radical (unpaired) electrons. The fourth-order valence-electron chi connectivity index (χ4n) is 2.94. The molecule has 0 aliphatic rings. The van der Waals surface area contributed by atoms with E-state index in [-0.39, 0.29) is 0 Å². The molecule has 27 heavy (non-hydrogen) atoms. The van der Waals surface area contributed by atoms with Crippen molar-refractivity contribution in [2.45, 2.75) is 53.1 Å². The zero-order valence-electron chi connectivity index (χ0n) is 18.0. The highest BCUT2D eigenvalue weighted by atomic mass is 16.5. The van der Waals surface area contributed by atoms with E-state index in [1.807, 2.05) is 25.1 Å². The van der Waals surface area contributed by atoms with Crippen LogP contribution < -0.4 is 20.1 Å². The van der Waals surface area contributed by atoms with E-state index in [1.165, 1.54) is 6.42 Å². The van der Waals surface area contributed by atoms with Crippen molar-refractivity contribution < 1.29 is 9.47 Å². The van der Waals surface area contributed by atoms with Gasteiger partial charge >= 0.3 is 0 Å². The van der Waals surface area contributed by atoms with Crippen LogP contribution in [0.4, 0.5) is 0 Å². The van der Waals surface area contributed by atoms with Crippen LogP contribution in [0, 0.1) is 0 Å². The molecule has 6 nitrogen and oxygen atoms in total. The number of hydrogen-bond acceptors (Lipinski definition) is 4. The second-order valence-electron chi connectivity index (χ2n) is 6.56. The predicted octanol–water partition coefficient (Wildman–Crippen LogP) is 3.27. The molecule has 1 aromatic carbocycles. The molecule has 1 aromatic rings. The lowest BCUT2D eigenvalue weighted by molar-refractivity contribution is 0.292. The van der Waals surface area contributed by atoms with Crippen molar-refractivity contribution in [1.29, 1.82) is 0 Å². The Kier molecular flexibility index (Phi) is 11.3. The van der Waals surface area contributed by atoms with Gasteiger partial charge in [0.25, 0.3) is 0 Å². The van der Waals surface area contributed by atoms with E-state index in [2.05, 4.69) is 41.3 Å². The Balaban J connectivity index is 2.47. The van der Waals surface area contributed by atoms with Crippen LogP contribution in [0.2, 0.25) is 0 Å². The number of nitrogens with zero attached hydrogens (tertiary/aromatic N) is 2. The molecule has 0 aliphatic carbocycles. The first-order valence-electron chi connectivity index (χ1n) is 10.1. The van der Waals surface area contributed by atoms with Crippen molar-refractivity contribution >= 4 is 5.96 Å². The molecule has 154 valence electrons. The minimum atomic E-state index is 0.377. The third-order valence-electron chi connectivity index (χ3n) is 4.60. The molecule has 1 rings (SSSR count). The molecule has 1 unspecified atom stereocenters. The lowest BCUT2D eigenvalue weighted by Gasteiger charge is -2.21. The molecule has 0 saturated carbocycles. The van der Waals surface area contributed by atoms with E-state index in [4.69, 9.17) is 9.47 Å². The Bertz CT molecular complexity index is 559. The van der Waals surface area contributed by atoms with Crippen LogP contribution >= 0.6 is 0 Å². The summed E-state index contributed by atoms with van der Waals surface area (Å²) in [7, 11) is 3.46. The summed E-state index contributed by atoms with van der Waals surface area (Å²) in [6, 6.07) is 6.37. The van der Waals surface area contributed by atoms with Gasteiger partial charge in [0.05, 0.1) is 13.7 Å². The summed E-state index contributed by atoms with van der Waals surface area (Å²) in [5.41, 5.74) is 1.12. The number of hydrogen-bond donors (Lipinski definition) is 2. The lowest BCUT2D eigenvalue weighted by Crippen LogP contribution is -2.42. The normalized spacial score (nSPS) is 12.8. The van der Waals surface area contributed by atoms with E-state index in [0.29, 0.717) is 19.2 Å². The molecule has 0 bridgehead atoms. The quantitative estimate of drug-likeness (QED) is 0.432. The minimum Gasteiger partial charge on any atom is -0.493 e. The van der Waals surface area contributed by atoms with Gasteiger partial charge in [-0.2, -0.15) is 0 Å². The Morgan fingerprint density at radius 3 is 2.52 bits per heavy atom. The van der Waals surface area contributed by atoms with Gasteiger partial charge in [0, 0.05) is 19.6 Å². The average molecular weight is 379 g/mol. The highest BCUT2D eigenvalue weighted by molar-refractivity contribution is 5.79. The number of benzene rings is 1. The van der Waals surface area contributed by atoms with Crippen molar-refractivity contribution in [1.82, 2.24) is 15.5 Å². The van der Waals surface area contributed by atoms with Gasteiger partial charge in [-0.15, -0.1) is 0 Å². The van der Waals surface area contributed by atoms with Gasteiger partial charge in [-0.05, 0) is 64.0 Å². The zero-order valence-corrected chi connectivity index (χ0v) is 18.0. The fourth-order valence-corrected chi connectivity index (χ4v) is 2.94. The highest BCUT2D eigenvalue weighted by Crippen LogP contribution is 2.27. The Morgan fingerprint density at radius 1 is 1.19 bits per heavy atom. The first kappa shape index (κ1) is 23.1. The van der Waals surface area contributed by atoms with Gasteiger partial charge in [0.1, 0.15) is 0 Å². The van der Waals surface area contributed by atoms with Crippen LogP contribution in [0.3, 0.4) is 0 Å². The molecule has 0 aromatic heterocycles. The van der Waals surface area contributed by atoms with Crippen LogP contribution in [0.15, 0.2) is 23.2 Å². The summed E-state index contributed by atoms with van der Waals surface area (Å²) in [6.07, 6.45) is 2.30. The number of methoxy groups -OCH3 is 1. The summed E-state index contributed by atoms with van der Waals surface area (Å²) in [5.74, 6) is 2.34. The van der Waals surface area contributed by atoms with E-state index in [0.717, 1.165) is 49.1 Å². The molecule has 0 amide bonds. The molecule has 6 heteroatoms. The molecular weight excluding hydrogens is 340 g/mol. The fraction of sp³-hybridized carbons (Fsp3) is 0.667. The SMILES string of the molecule is CCOc1ccc(CNC(=NC)NC(C)CCCN(CC)CC)cc1OC. The standard InChI is InChI=1S/C21H38N4O2/c1-7-25(8-2)14-10-11-17(4)24-21(22-5)23-16-18-12-13-19(27-9-3)20(15-18)26-6/h12-13,15,17H,7-11,14,16H2,1-6H3,(H2,22,23,24). The zero-order chi connectivity index (χ0) is 20.1. The van der Waals surface area contributed by atoms with Gasteiger partial charge in [-0.3, -0.25) is 4.99 Å². The number of rotatable bonds is 12. The molecule has 1 atom stereocenters. The van der Waals surface area contributed by atoms with Crippen LogP contribution in [-0.4, -0.2) is 57.3 Å². The van der Waals surface area contributed by atoms with E-state index in [1.54, 1.807) is 14.2 Å². The topological polar surface area (TPSA) is 58.1 Å². The number of ether oxygens (including phenoxy) is 2. The maximum Gasteiger partial charge on any atom is 0.191 e.